The lowest BCUT2D eigenvalue weighted by Crippen LogP contribution is -2.38. The van der Waals surface area contributed by atoms with E-state index in [-0.39, 0.29) is 6.04 Å². The largest absolute Gasteiger partial charge is 0.493 e. The van der Waals surface area contributed by atoms with Gasteiger partial charge < -0.3 is 9.47 Å². The summed E-state index contributed by atoms with van der Waals surface area (Å²) in [7, 11) is 0.977. The molecule has 5 aromatic carbocycles. The van der Waals surface area contributed by atoms with Gasteiger partial charge in [0.2, 0.25) is 0 Å². The summed E-state index contributed by atoms with van der Waals surface area (Å²) >= 11 is 0. The molecule has 0 aliphatic heterocycles. The molecule has 4 nitrogen and oxygen atoms in total. The number of ether oxygens (including phenoxy) is 2. The average molecular weight is 582 g/mol. The van der Waals surface area contributed by atoms with Gasteiger partial charge in [-0.05, 0) is 78.6 Å². The van der Waals surface area contributed by atoms with Crippen molar-refractivity contribution >= 4 is 45.6 Å². The van der Waals surface area contributed by atoms with Crippen molar-refractivity contribution in [2.75, 3.05) is 14.2 Å². The Kier molecular flexibility index (Phi) is 8.89. The zero-order chi connectivity index (χ0) is 29.0. The van der Waals surface area contributed by atoms with Crippen molar-refractivity contribution in [2.24, 2.45) is 0 Å². The first-order valence-electron chi connectivity index (χ1n) is 13.6. The summed E-state index contributed by atoms with van der Waals surface area (Å²) in [6.45, 7) is 5.98. The van der Waals surface area contributed by atoms with Gasteiger partial charge in [0, 0.05) is 0 Å². The Balaban J connectivity index is 1.85. The smallest absolute Gasteiger partial charge is 0.161 e. The lowest BCUT2D eigenvalue weighted by atomic mass is 9.94. The topological polar surface area (TPSA) is 47.6 Å². The predicted octanol–water partition coefficient (Wildman–Crippen LogP) is 6.76. The van der Waals surface area contributed by atoms with Gasteiger partial charge in [-0.25, -0.2) is 8.93 Å². The summed E-state index contributed by atoms with van der Waals surface area (Å²) in [5, 5.41) is 5.80. The highest BCUT2D eigenvalue weighted by molar-refractivity contribution is 7.84. The van der Waals surface area contributed by atoms with Gasteiger partial charge in [0.05, 0.1) is 36.0 Å². The van der Waals surface area contributed by atoms with Crippen molar-refractivity contribution < 1.29 is 13.7 Å². The fourth-order valence-electron chi connectivity index (χ4n) is 4.97. The summed E-state index contributed by atoms with van der Waals surface area (Å²) in [5.74, 6) is 1.30. The van der Waals surface area contributed by atoms with Crippen LogP contribution in [0.25, 0.3) is 10.8 Å². The van der Waals surface area contributed by atoms with Crippen LogP contribution in [0.1, 0.15) is 37.9 Å². The lowest BCUT2D eigenvalue weighted by Gasteiger charge is -2.30. The standard InChI is InChI=1S/C35H36NO3PS/c1-35(2,3)41(37)36-34(29-22-14-16-25-15-12-13-21-28(25)29)30-23-31(38-4)32(39-5)24-33(30)40(26-17-8-6-9-18-26)27-19-10-7-11-20-27/h6-24,34,36H,1-5H3/t34?,41-/m1/s1. The van der Waals surface area contributed by atoms with E-state index in [1.165, 1.54) is 10.6 Å². The van der Waals surface area contributed by atoms with Crippen LogP contribution in [0.5, 0.6) is 11.5 Å². The second kappa shape index (κ2) is 12.6. The second-order valence-electron chi connectivity index (χ2n) is 10.8. The number of benzene rings is 5. The Morgan fingerprint density at radius 3 is 1.80 bits per heavy atom. The van der Waals surface area contributed by atoms with Crippen LogP contribution in [-0.4, -0.2) is 23.2 Å². The van der Waals surface area contributed by atoms with Gasteiger partial charge in [-0.3, -0.25) is 0 Å². The number of hydrogen-bond donors (Lipinski definition) is 1. The van der Waals surface area contributed by atoms with E-state index in [2.05, 4.69) is 102 Å². The average Bonchev–Trinajstić information content (AvgIpc) is 3.00. The van der Waals surface area contributed by atoms with Crippen molar-refractivity contribution in [1.82, 2.24) is 4.72 Å². The Morgan fingerprint density at radius 1 is 0.683 bits per heavy atom. The van der Waals surface area contributed by atoms with Gasteiger partial charge in [0.25, 0.3) is 0 Å². The quantitative estimate of drug-likeness (QED) is 0.196. The summed E-state index contributed by atoms with van der Waals surface area (Å²) in [6.07, 6.45) is 0. The molecular formula is C35H36NO3PS. The number of fused-ring (bicyclic) bond motifs is 1. The summed E-state index contributed by atoms with van der Waals surface area (Å²) in [6, 6.07) is 39.7. The highest BCUT2D eigenvalue weighted by atomic mass is 32.2. The van der Waals surface area contributed by atoms with Crippen LogP contribution >= 0.6 is 7.92 Å². The van der Waals surface area contributed by atoms with Crippen molar-refractivity contribution in [2.45, 2.75) is 31.6 Å². The first-order chi connectivity index (χ1) is 19.8. The van der Waals surface area contributed by atoms with Gasteiger partial charge in [-0.1, -0.05) is 103 Å². The maximum Gasteiger partial charge on any atom is 0.161 e. The molecule has 0 spiro atoms. The molecule has 0 fully saturated rings. The zero-order valence-electron chi connectivity index (χ0n) is 24.1. The Labute approximate surface area is 247 Å². The molecular weight excluding hydrogens is 545 g/mol. The van der Waals surface area contributed by atoms with Crippen molar-refractivity contribution in [3.63, 3.8) is 0 Å². The molecule has 210 valence electrons. The first kappa shape index (κ1) is 29.0. The minimum Gasteiger partial charge on any atom is -0.493 e. The maximum atomic E-state index is 13.8. The molecule has 0 radical (unpaired) electrons. The molecule has 0 aliphatic rings. The van der Waals surface area contributed by atoms with E-state index >= 15 is 0 Å². The number of nitrogens with one attached hydrogen (secondary N) is 1. The molecule has 0 saturated heterocycles. The summed E-state index contributed by atoms with van der Waals surface area (Å²) < 4.78 is 28.6. The first-order valence-corrected chi connectivity index (χ1v) is 16.1. The molecule has 0 heterocycles. The minimum atomic E-state index is -1.35. The lowest BCUT2D eigenvalue weighted by molar-refractivity contribution is 0.354. The predicted molar refractivity (Wildman–Crippen MR) is 175 cm³/mol. The highest BCUT2D eigenvalue weighted by Crippen LogP contribution is 2.42. The summed E-state index contributed by atoms with van der Waals surface area (Å²) in [4.78, 5) is 0. The second-order valence-corrected chi connectivity index (χ2v) is 15.0. The Hall–Kier alpha value is -3.50. The monoisotopic (exact) mass is 581 g/mol. The maximum absolute atomic E-state index is 13.8. The van der Waals surface area contributed by atoms with Gasteiger partial charge in [-0.2, -0.15) is 0 Å². The zero-order valence-corrected chi connectivity index (χ0v) is 25.8. The normalized spacial score (nSPS) is 13.2. The Morgan fingerprint density at radius 2 is 1.22 bits per heavy atom. The van der Waals surface area contributed by atoms with E-state index in [0.29, 0.717) is 11.5 Å². The molecule has 0 aliphatic carbocycles. The van der Waals surface area contributed by atoms with Crippen molar-refractivity contribution in [1.29, 1.82) is 0 Å². The van der Waals surface area contributed by atoms with E-state index in [1.807, 2.05) is 39.0 Å². The van der Waals surface area contributed by atoms with Gasteiger partial charge in [0.1, 0.15) is 0 Å². The number of methoxy groups -OCH3 is 2. The third-order valence-electron chi connectivity index (χ3n) is 7.03. The summed E-state index contributed by atoms with van der Waals surface area (Å²) in [5.41, 5.74) is 2.07. The number of hydrogen-bond acceptors (Lipinski definition) is 3. The van der Waals surface area contributed by atoms with Crippen LogP contribution in [0.3, 0.4) is 0 Å². The fourth-order valence-corrected chi connectivity index (χ4v) is 8.29. The van der Waals surface area contributed by atoms with E-state index in [1.54, 1.807) is 14.2 Å². The fraction of sp³-hybridized carbons (Fsp3) is 0.200. The molecule has 41 heavy (non-hydrogen) atoms. The van der Waals surface area contributed by atoms with Crippen LogP contribution < -0.4 is 30.1 Å². The molecule has 5 aromatic rings. The van der Waals surface area contributed by atoms with E-state index < -0.39 is 23.7 Å². The van der Waals surface area contributed by atoms with E-state index in [4.69, 9.17) is 9.47 Å². The van der Waals surface area contributed by atoms with E-state index in [0.717, 1.165) is 27.2 Å². The van der Waals surface area contributed by atoms with Crippen LogP contribution in [0.15, 0.2) is 115 Å². The molecule has 5 rings (SSSR count). The third kappa shape index (κ3) is 6.23. The van der Waals surface area contributed by atoms with Crippen LogP contribution in [-0.2, 0) is 11.0 Å². The number of rotatable bonds is 9. The van der Waals surface area contributed by atoms with E-state index in [9.17, 15) is 4.21 Å². The molecule has 2 atom stereocenters. The van der Waals surface area contributed by atoms with Crippen LogP contribution in [0.4, 0.5) is 0 Å². The molecule has 1 unspecified atom stereocenters. The molecule has 0 saturated carbocycles. The molecule has 0 aromatic heterocycles. The molecule has 0 amide bonds. The van der Waals surface area contributed by atoms with Gasteiger partial charge in [0.15, 0.2) is 11.5 Å². The third-order valence-corrected chi connectivity index (χ3v) is 11.1. The van der Waals surface area contributed by atoms with Crippen molar-refractivity contribution in [3.05, 3.63) is 126 Å². The highest BCUT2D eigenvalue weighted by Gasteiger charge is 2.31. The van der Waals surface area contributed by atoms with Gasteiger partial charge in [-0.15, -0.1) is 0 Å². The SMILES string of the molecule is COc1cc(C(N[S@](=O)C(C)(C)C)c2cccc3ccccc23)c(P(c2ccccc2)c2ccccc2)cc1OC. The minimum absolute atomic E-state index is 0.381. The van der Waals surface area contributed by atoms with Crippen LogP contribution in [0, 0.1) is 0 Å². The van der Waals surface area contributed by atoms with Crippen LogP contribution in [0.2, 0.25) is 0 Å². The molecule has 1 N–H and O–H groups in total. The molecule has 6 heteroatoms. The molecule has 0 bridgehead atoms. The van der Waals surface area contributed by atoms with Gasteiger partial charge >= 0.3 is 0 Å². The van der Waals surface area contributed by atoms with Crippen molar-refractivity contribution in [3.8, 4) is 11.5 Å². The Bertz CT molecular complexity index is 1610.